The molecule has 2 rings (SSSR count). The summed E-state index contributed by atoms with van der Waals surface area (Å²) in [5.41, 5.74) is 0.941. The minimum Gasteiger partial charge on any atom is -0.359 e. The maximum Gasteiger partial charge on any atom is 0.141 e. The second-order valence-electron chi connectivity index (χ2n) is 6.56. The molecule has 106 valence electrons. The molecule has 1 aliphatic rings. The van der Waals surface area contributed by atoms with Crippen LogP contribution in [-0.2, 0) is 6.54 Å². The van der Waals surface area contributed by atoms with Gasteiger partial charge in [0, 0.05) is 31.2 Å². The van der Waals surface area contributed by atoms with E-state index in [-0.39, 0.29) is 11.4 Å². The largest absolute Gasteiger partial charge is 0.359 e. The first kappa shape index (κ1) is 14.3. The van der Waals surface area contributed by atoms with Crippen LogP contribution in [0.25, 0.3) is 0 Å². The molecule has 0 unspecified atom stereocenters. The average molecular weight is 265 g/mol. The molecule has 0 spiro atoms. The highest BCUT2D eigenvalue weighted by Gasteiger charge is 2.24. The monoisotopic (exact) mass is 265 g/mol. The lowest BCUT2D eigenvalue weighted by molar-refractivity contribution is 0.423. The smallest absolute Gasteiger partial charge is 0.141 e. The Morgan fingerprint density at radius 3 is 2.68 bits per heavy atom. The van der Waals surface area contributed by atoms with E-state index in [1.165, 1.54) is 19.0 Å². The lowest BCUT2D eigenvalue weighted by atomic mass is 10.1. The summed E-state index contributed by atoms with van der Waals surface area (Å²) in [6.07, 6.45) is 3.92. The Kier molecular flexibility index (Phi) is 4.09. The summed E-state index contributed by atoms with van der Waals surface area (Å²) < 4.78 is 13.4. The molecule has 1 aromatic rings. The molecule has 0 amide bonds. The van der Waals surface area contributed by atoms with Crippen LogP contribution < -0.4 is 10.2 Å². The standard InChI is InChI=1S/C15H24FN3/c1-15(2,3)18-8-12-7-13(16)9-17-14(12)19(4)10-11-5-6-11/h7,9,11,18H,5-6,8,10H2,1-4H3. The Morgan fingerprint density at radius 1 is 1.42 bits per heavy atom. The fourth-order valence-corrected chi connectivity index (χ4v) is 2.08. The van der Waals surface area contributed by atoms with E-state index in [1.807, 2.05) is 7.05 Å². The van der Waals surface area contributed by atoms with Gasteiger partial charge in [-0.15, -0.1) is 0 Å². The quantitative estimate of drug-likeness (QED) is 0.887. The number of halogens is 1. The average Bonchev–Trinajstić information content (AvgIpc) is 3.09. The molecular weight excluding hydrogens is 241 g/mol. The molecule has 19 heavy (non-hydrogen) atoms. The van der Waals surface area contributed by atoms with Crippen LogP contribution >= 0.6 is 0 Å². The van der Waals surface area contributed by atoms with Crippen LogP contribution in [-0.4, -0.2) is 24.1 Å². The van der Waals surface area contributed by atoms with E-state index >= 15 is 0 Å². The molecule has 1 N–H and O–H groups in total. The molecule has 0 bridgehead atoms. The lowest BCUT2D eigenvalue weighted by Gasteiger charge is -2.24. The van der Waals surface area contributed by atoms with Crippen LogP contribution in [0.2, 0.25) is 0 Å². The van der Waals surface area contributed by atoms with E-state index < -0.39 is 0 Å². The summed E-state index contributed by atoms with van der Waals surface area (Å²) in [5, 5.41) is 3.40. The molecule has 4 heteroatoms. The first-order chi connectivity index (χ1) is 8.85. The summed E-state index contributed by atoms with van der Waals surface area (Å²) in [7, 11) is 2.04. The summed E-state index contributed by atoms with van der Waals surface area (Å²) in [6, 6.07) is 1.59. The molecule has 1 aromatic heterocycles. The Balaban J connectivity index is 2.11. The van der Waals surface area contributed by atoms with E-state index in [1.54, 1.807) is 6.07 Å². The van der Waals surface area contributed by atoms with Crippen LogP contribution in [0.5, 0.6) is 0 Å². The van der Waals surface area contributed by atoms with Crippen molar-refractivity contribution < 1.29 is 4.39 Å². The van der Waals surface area contributed by atoms with E-state index in [0.29, 0.717) is 6.54 Å². The molecule has 3 nitrogen and oxygen atoms in total. The van der Waals surface area contributed by atoms with Crippen LogP contribution in [0.15, 0.2) is 12.3 Å². The molecule has 1 fully saturated rings. The summed E-state index contributed by atoms with van der Waals surface area (Å²) in [4.78, 5) is 6.42. The highest BCUT2D eigenvalue weighted by Crippen LogP contribution is 2.31. The Morgan fingerprint density at radius 2 is 2.11 bits per heavy atom. The molecule has 0 aliphatic heterocycles. The SMILES string of the molecule is CN(CC1CC1)c1ncc(F)cc1CNC(C)(C)C. The van der Waals surface area contributed by atoms with Crippen molar-refractivity contribution >= 4 is 5.82 Å². The zero-order chi connectivity index (χ0) is 14.0. The van der Waals surface area contributed by atoms with Gasteiger partial charge in [0.2, 0.25) is 0 Å². The van der Waals surface area contributed by atoms with Gasteiger partial charge in [-0.05, 0) is 45.6 Å². The van der Waals surface area contributed by atoms with Crippen molar-refractivity contribution in [2.75, 3.05) is 18.5 Å². The number of hydrogen-bond donors (Lipinski definition) is 1. The third-order valence-electron chi connectivity index (χ3n) is 3.31. The number of nitrogens with zero attached hydrogens (tertiary/aromatic N) is 2. The van der Waals surface area contributed by atoms with Gasteiger partial charge in [-0.1, -0.05) is 0 Å². The van der Waals surface area contributed by atoms with Crippen LogP contribution in [0.1, 0.15) is 39.2 Å². The Bertz CT molecular complexity index is 436. The van der Waals surface area contributed by atoms with E-state index in [9.17, 15) is 4.39 Å². The number of hydrogen-bond acceptors (Lipinski definition) is 3. The highest BCUT2D eigenvalue weighted by atomic mass is 19.1. The molecule has 1 heterocycles. The molecule has 0 saturated heterocycles. The maximum atomic E-state index is 13.4. The van der Waals surface area contributed by atoms with E-state index in [0.717, 1.165) is 23.8 Å². The van der Waals surface area contributed by atoms with Gasteiger partial charge in [0.15, 0.2) is 0 Å². The van der Waals surface area contributed by atoms with Gasteiger partial charge in [-0.25, -0.2) is 9.37 Å². The normalized spacial score (nSPS) is 15.6. The fraction of sp³-hybridized carbons (Fsp3) is 0.667. The third-order valence-corrected chi connectivity index (χ3v) is 3.31. The minimum atomic E-state index is -0.269. The first-order valence-corrected chi connectivity index (χ1v) is 6.96. The van der Waals surface area contributed by atoms with Crippen LogP contribution in [0, 0.1) is 11.7 Å². The number of aromatic nitrogens is 1. The second-order valence-corrected chi connectivity index (χ2v) is 6.56. The van der Waals surface area contributed by atoms with Gasteiger partial charge < -0.3 is 10.2 Å². The molecule has 1 aliphatic carbocycles. The van der Waals surface area contributed by atoms with Crippen molar-refractivity contribution in [3.63, 3.8) is 0 Å². The van der Waals surface area contributed by atoms with Gasteiger partial charge in [0.1, 0.15) is 11.6 Å². The molecule has 0 radical (unpaired) electrons. The van der Waals surface area contributed by atoms with Gasteiger partial charge in [0.25, 0.3) is 0 Å². The highest BCUT2D eigenvalue weighted by molar-refractivity contribution is 5.46. The van der Waals surface area contributed by atoms with E-state index in [4.69, 9.17) is 0 Å². The predicted molar refractivity (Wildman–Crippen MR) is 76.8 cm³/mol. The number of pyridine rings is 1. The van der Waals surface area contributed by atoms with Gasteiger partial charge in [-0.2, -0.15) is 0 Å². The molecule has 1 saturated carbocycles. The summed E-state index contributed by atoms with van der Waals surface area (Å²) >= 11 is 0. The van der Waals surface area contributed by atoms with Crippen LogP contribution in [0.4, 0.5) is 10.2 Å². The molecule has 0 atom stereocenters. The van der Waals surface area contributed by atoms with Crippen molar-refractivity contribution in [3.8, 4) is 0 Å². The van der Waals surface area contributed by atoms with Crippen molar-refractivity contribution in [3.05, 3.63) is 23.6 Å². The molecular formula is C15H24FN3. The topological polar surface area (TPSA) is 28.2 Å². The van der Waals surface area contributed by atoms with Crippen LogP contribution in [0.3, 0.4) is 0 Å². The zero-order valence-electron chi connectivity index (χ0n) is 12.3. The maximum absolute atomic E-state index is 13.4. The fourth-order valence-electron chi connectivity index (χ4n) is 2.08. The zero-order valence-corrected chi connectivity index (χ0v) is 12.3. The Labute approximate surface area is 115 Å². The summed E-state index contributed by atoms with van der Waals surface area (Å²) in [6.45, 7) is 7.97. The predicted octanol–water partition coefficient (Wildman–Crippen LogP) is 2.96. The number of rotatable bonds is 5. The third kappa shape index (κ3) is 4.46. The van der Waals surface area contributed by atoms with E-state index in [2.05, 4.69) is 36.0 Å². The minimum absolute atomic E-state index is 0.0126. The Hall–Kier alpha value is -1.16. The molecule has 0 aromatic carbocycles. The second kappa shape index (κ2) is 5.45. The number of nitrogens with one attached hydrogen (secondary N) is 1. The number of anilines is 1. The lowest BCUT2D eigenvalue weighted by Crippen LogP contribution is -2.36. The van der Waals surface area contributed by atoms with Crippen molar-refractivity contribution in [2.24, 2.45) is 5.92 Å². The van der Waals surface area contributed by atoms with Gasteiger partial charge in [-0.3, -0.25) is 0 Å². The first-order valence-electron chi connectivity index (χ1n) is 6.96. The summed E-state index contributed by atoms with van der Waals surface area (Å²) in [5.74, 6) is 1.42. The van der Waals surface area contributed by atoms with Gasteiger partial charge in [0.05, 0.1) is 6.20 Å². The van der Waals surface area contributed by atoms with Crippen molar-refractivity contribution in [1.29, 1.82) is 0 Å². The van der Waals surface area contributed by atoms with Crippen molar-refractivity contribution in [2.45, 2.75) is 45.7 Å². The van der Waals surface area contributed by atoms with Crippen molar-refractivity contribution in [1.82, 2.24) is 10.3 Å². The van der Waals surface area contributed by atoms with Gasteiger partial charge >= 0.3 is 0 Å².